The molecule has 0 fully saturated rings. The van der Waals surface area contributed by atoms with E-state index >= 15 is 0 Å². The number of ether oxygens (including phenoxy) is 1. The van der Waals surface area contributed by atoms with Gasteiger partial charge in [0.15, 0.2) is 5.17 Å². The summed E-state index contributed by atoms with van der Waals surface area (Å²) >= 11 is 1.59. The molecule has 0 aromatic heterocycles. The maximum atomic E-state index is 12.1. The molecule has 5 heteroatoms. The van der Waals surface area contributed by atoms with Gasteiger partial charge in [0.2, 0.25) is 5.91 Å². The first-order valence-corrected chi connectivity index (χ1v) is 6.53. The van der Waals surface area contributed by atoms with Gasteiger partial charge >= 0.3 is 0 Å². The average molecular weight is 248 g/mol. The van der Waals surface area contributed by atoms with Crippen molar-refractivity contribution >= 4 is 22.8 Å². The second kappa shape index (κ2) is 4.41. The molecular weight excluding hydrogens is 236 g/mol. The molecule has 1 amide bonds. The predicted octanol–water partition coefficient (Wildman–Crippen LogP) is 1.38. The van der Waals surface area contributed by atoms with Crippen LogP contribution in [0.25, 0.3) is 0 Å². The molecule has 1 N–H and O–H groups in total. The van der Waals surface area contributed by atoms with Crippen molar-refractivity contribution in [3.05, 3.63) is 29.8 Å². The summed E-state index contributed by atoms with van der Waals surface area (Å²) in [6.07, 6.45) is 0. The van der Waals surface area contributed by atoms with Crippen molar-refractivity contribution in [1.29, 1.82) is 0 Å². The van der Waals surface area contributed by atoms with E-state index in [1.54, 1.807) is 11.8 Å². The topological polar surface area (TPSA) is 50.7 Å². The van der Waals surface area contributed by atoms with Crippen LogP contribution in [-0.4, -0.2) is 30.0 Å². The molecule has 4 nitrogen and oxygen atoms in total. The summed E-state index contributed by atoms with van der Waals surface area (Å²) < 4.78 is 5.49. The van der Waals surface area contributed by atoms with Crippen molar-refractivity contribution in [1.82, 2.24) is 5.32 Å². The van der Waals surface area contributed by atoms with Gasteiger partial charge in [-0.1, -0.05) is 30.0 Å². The third-order valence-electron chi connectivity index (χ3n) is 2.83. The molecule has 0 saturated carbocycles. The van der Waals surface area contributed by atoms with Gasteiger partial charge in [-0.15, -0.1) is 0 Å². The fraction of sp³-hybridized carbons (Fsp3) is 0.333. The molecule has 1 aromatic carbocycles. The molecule has 2 aliphatic heterocycles. The van der Waals surface area contributed by atoms with Gasteiger partial charge in [0, 0.05) is 11.3 Å². The minimum atomic E-state index is -0.213. The molecule has 2 aliphatic rings. The van der Waals surface area contributed by atoms with Gasteiger partial charge in [-0.05, 0) is 6.07 Å². The number of amides is 1. The largest absolute Gasteiger partial charge is 0.492 e. The highest BCUT2D eigenvalue weighted by Gasteiger charge is 2.30. The molecule has 0 bridgehead atoms. The first-order valence-electron chi connectivity index (χ1n) is 5.54. The molecule has 3 rings (SSSR count). The minimum absolute atomic E-state index is 0.0249. The van der Waals surface area contributed by atoms with Crippen LogP contribution in [0.15, 0.2) is 29.3 Å². The van der Waals surface area contributed by atoms with Gasteiger partial charge in [0.25, 0.3) is 0 Å². The van der Waals surface area contributed by atoms with E-state index in [9.17, 15) is 4.79 Å². The quantitative estimate of drug-likeness (QED) is 0.817. The van der Waals surface area contributed by atoms with E-state index in [2.05, 4.69) is 10.3 Å². The van der Waals surface area contributed by atoms with Gasteiger partial charge in [-0.3, -0.25) is 9.79 Å². The molecule has 0 aliphatic carbocycles. The molecule has 1 atom stereocenters. The van der Waals surface area contributed by atoms with Crippen LogP contribution >= 0.6 is 11.8 Å². The standard InChI is InChI=1S/C12H12N2O2S/c15-11(14-12-13-5-6-17-12)9-7-16-10-4-2-1-3-8(9)10/h1-4,9H,5-7H2,(H,13,14,15). The van der Waals surface area contributed by atoms with Gasteiger partial charge in [0.1, 0.15) is 18.3 Å². The van der Waals surface area contributed by atoms with Gasteiger partial charge in [0.05, 0.1) is 6.54 Å². The summed E-state index contributed by atoms with van der Waals surface area (Å²) in [4.78, 5) is 16.3. The average Bonchev–Trinajstić information content (AvgIpc) is 2.96. The normalized spacial score (nSPS) is 21.6. The first-order chi connectivity index (χ1) is 8.34. The van der Waals surface area contributed by atoms with E-state index in [-0.39, 0.29) is 11.8 Å². The Morgan fingerprint density at radius 3 is 3.18 bits per heavy atom. The van der Waals surface area contributed by atoms with Gasteiger partial charge in [-0.25, -0.2) is 0 Å². The molecule has 88 valence electrons. The Morgan fingerprint density at radius 1 is 1.47 bits per heavy atom. The summed E-state index contributed by atoms with van der Waals surface area (Å²) in [7, 11) is 0. The zero-order chi connectivity index (χ0) is 11.7. The summed E-state index contributed by atoms with van der Waals surface area (Å²) in [6, 6.07) is 7.67. The Labute approximate surface area is 103 Å². The van der Waals surface area contributed by atoms with Gasteiger partial charge in [-0.2, -0.15) is 0 Å². The number of hydrogen-bond acceptors (Lipinski definition) is 4. The van der Waals surface area contributed by atoms with Crippen molar-refractivity contribution in [2.45, 2.75) is 5.92 Å². The number of rotatable bonds is 1. The smallest absolute Gasteiger partial charge is 0.237 e. The number of hydrogen-bond donors (Lipinski definition) is 1. The van der Waals surface area contributed by atoms with Crippen molar-refractivity contribution in [2.24, 2.45) is 4.99 Å². The molecular formula is C12H12N2O2S. The predicted molar refractivity (Wildman–Crippen MR) is 67.6 cm³/mol. The van der Waals surface area contributed by atoms with E-state index in [0.29, 0.717) is 6.61 Å². The van der Waals surface area contributed by atoms with Crippen LogP contribution in [0, 0.1) is 0 Å². The zero-order valence-electron chi connectivity index (χ0n) is 9.18. The lowest BCUT2D eigenvalue weighted by Gasteiger charge is -2.09. The maximum Gasteiger partial charge on any atom is 0.237 e. The Bertz CT molecular complexity index is 487. The van der Waals surface area contributed by atoms with Crippen LogP contribution in [-0.2, 0) is 4.79 Å². The lowest BCUT2D eigenvalue weighted by Crippen LogP contribution is -2.33. The number of carbonyl (C=O) groups is 1. The second-order valence-corrected chi connectivity index (χ2v) is 5.01. The molecule has 2 heterocycles. The minimum Gasteiger partial charge on any atom is -0.492 e. The fourth-order valence-corrected chi connectivity index (χ4v) is 2.71. The molecule has 17 heavy (non-hydrogen) atoms. The van der Waals surface area contributed by atoms with E-state index in [0.717, 1.165) is 28.8 Å². The van der Waals surface area contributed by atoms with Crippen LogP contribution in [0.2, 0.25) is 0 Å². The first kappa shape index (κ1) is 10.7. The highest BCUT2D eigenvalue weighted by atomic mass is 32.2. The number of para-hydroxylation sites is 1. The van der Waals surface area contributed by atoms with E-state index in [1.165, 1.54) is 0 Å². The number of nitrogens with zero attached hydrogens (tertiary/aromatic N) is 1. The Hall–Kier alpha value is -1.49. The van der Waals surface area contributed by atoms with Crippen molar-refractivity contribution in [3.63, 3.8) is 0 Å². The third-order valence-corrected chi connectivity index (χ3v) is 3.72. The number of fused-ring (bicyclic) bond motifs is 1. The van der Waals surface area contributed by atoms with Crippen LogP contribution in [0.1, 0.15) is 11.5 Å². The Morgan fingerprint density at radius 2 is 2.35 bits per heavy atom. The van der Waals surface area contributed by atoms with E-state index in [4.69, 9.17) is 4.74 Å². The van der Waals surface area contributed by atoms with Crippen molar-refractivity contribution in [2.75, 3.05) is 18.9 Å². The Balaban J connectivity index is 1.75. The number of amidine groups is 1. The molecule has 1 aromatic rings. The van der Waals surface area contributed by atoms with E-state index < -0.39 is 0 Å². The zero-order valence-corrected chi connectivity index (χ0v) is 10.00. The summed E-state index contributed by atoms with van der Waals surface area (Å²) in [5.74, 6) is 1.53. The van der Waals surface area contributed by atoms with Crippen LogP contribution in [0.4, 0.5) is 0 Å². The molecule has 0 radical (unpaired) electrons. The van der Waals surface area contributed by atoms with Crippen LogP contribution < -0.4 is 10.1 Å². The van der Waals surface area contributed by atoms with Crippen LogP contribution in [0.3, 0.4) is 0 Å². The summed E-state index contributed by atoms with van der Waals surface area (Å²) in [5.41, 5.74) is 0.966. The number of thioether (sulfide) groups is 1. The maximum absolute atomic E-state index is 12.1. The van der Waals surface area contributed by atoms with Crippen molar-refractivity contribution < 1.29 is 9.53 Å². The van der Waals surface area contributed by atoms with Gasteiger partial charge < -0.3 is 10.1 Å². The summed E-state index contributed by atoms with van der Waals surface area (Å²) in [5, 5.41) is 3.59. The summed E-state index contributed by atoms with van der Waals surface area (Å²) in [6.45, 7) is 1.21. The molecule has 1 unspecified atom stereocenters. The highest BCUT2D eigenvalue weighted by Crippen LogP contribution is 2.33. The molecule has 0 spiro atoms. The van der Waals surface area contributed by atoms with E-state index in [1.807, 2.05) is 24.3 Å². The monoisotopic (exact) mass is 248 g/mol. The highest BCUT2D eigenvalue weighted by molar-refractivity contribution is 8.14. The fourth-order valence-electron chi connectivity index (χ4n) is 1.98. The van der Waals surface area contributed by atoms with Crippen molar-refractivity contribution in [3.8, 4) is 5.75 Å². The number of benzene rings is 1. The number of carbonyl (C=O) groups excluding carboxylic acids is 1. The molecule has 0 saturated heterocycles. The number of aliphatic imine (C=N–C) groups is 1. The SMILES string of the molecule is O=C(NC1=NCCS1)C1COc2ccccc21. The second-order valence-electron chi connectivity index (χ2n) is 3.93. The lowest BCUT2D eigenvalue weighted by molar-refractivity contribution is -0.121. The number of nitrogens with one attached hydrogen (secondary N) is 1. The Kier molecular flexibility index (Phi) is 2.76. The van der Waals surface area contributed by atoms with Crippen LogP contribution in [0.5, 0.6) is 5.75 Å². The third kappa shape index (κ3) is 2.02. The lowest BCUT2D eigenvalue weighted by atomic mass is 10.0.